The standard InChI is InChI=1S/C13H18N2O4S/c1-10(16)14-11-5-7-15(8-6-11)20(18,19)13-4-2-3-12(17)9-13/h2-4,9,11,17H,5-8H2,1H3,(H,14,16). The van der Waals surface area contributed by atoms with Gasteiger partial charge in [0.15, 0.2) is 0 Å². The second-order valence-electron chi connectivity index (χ2n) is 4.88. The molecule has 0 spiro atoms. The Labute approximate surface area is 118 Å². The van der Waals surface area contributed by atoms with E-state index < -0.39 is 10.0 Å². The third-order valence-corrected chi connectivity index (χ3v) is 5.21. The average molecular weight is 298 g/mol. The molecule has 0 aromatic heterocycles. The molecule has 0 saturated carbocycles. The maximum absolute atomic E-state index is 12.4. The lowest BCUT2D eigenvalue weighted by Crippen LogP contribution is -2.45. The highest BCUT2D eigenvalue weighted by Gasteiger charge is 2.29. The Morgan fingerprint density at radius 1 is 1.35 bits per heavy atom. The minimum Gasteiger partial charge on any atom is -0.508 e. The number of phenolic OH excluding ortho intramolecular Hbond substituents is 1. The zero-order valence-corrected chi connectivity index (χ0v) is 12.1. The topological polar surface area (TPSA) is 86.7 Å². The molecule has 1 aromatic rings. The second kappa shape index (κ2) is 5.80. The fourth-order valence-electron chi connectivity index (χ4n) is 2.32. The Morgan fingerprint density at radius 3 is 2.55 bits per heavy atom. The summed E-state index contributed by atoms with van der Waals surface area (Å²) in [4.78, 5) is 11.1. The van der Waals surface area contributed by atoms with E-state index in [1.165, 1.54) is 35.5 Å². The van der Waals surface area contributed by atoms with E-state index in [4.69, 9.17) is 0 Å². The molecule has 7 heteroatoms. The molecule has 1 aliphatic rings. The van der Waals surface area contributed by atoms with Crippen molar-refractivity contribution in [1.82, 2.24) is 9.62 Å². The first-order chi connectivity index (χ1) is 9.39. The molecule has 0 aliphatic carbocycles. The third kappa shape index (κ3) is 3.29. The molecule has 1 aromatic carbocycles. The first kappa shape index (κ1) is 14.8. The van der Waals surface area contributed by atoms with Crippen molar-refractivity contribution in [2.24, 2.45) is 0 Å². The molecular formula is C13H18N2O4S. The van der Waals surface area contributed by atoms with Crippen LogP contribution in [0.2, 0.25) is 0 Å². The number of nitrogens with one attached hydrogen (secondary N) is 1. The summed E-state index contributed by atoms with van der Waals surface area (Å²) in [7, 11) is -3.58. The number of amides is 1. The van der Waals surface area contributed by atoms with Crippen LogP contribution in [0.4, 0.5) is 0 Å². The number of rotatable bonds is 3. The van der Waals surface area contributed by atoms with Crippen molar-refractivity contribution in [2.75, 3.05) is 13.1 Å². The summed E-state index contributed by atoms with van der Waals surface area (Å²) in [5.41, 5.74) is 0. The molecule has 1 heterocycles. The molecule has 1 fully saturated rings. The predicted octanol–water partition coefficient (Wildman–Crippen LogP) is 0.681. The van der Waals surface area contributed by atoms with E-state index in [0.717, 1.165) is 0 Å². The molecule has 0 unspecified atom stereocenters. The van der Waals surface area contributed by atoms with Crippen LogP contribution in [0.1, 0.15) is 19.8 Å². The van der Waals surface area contributed by atoms with Gasteiger partial charge in [-0.1, -0.05) is 6.07 Å². The summed E-state index contributed by atoms with van der Waals surface area (Å²) in [6.45, 7) is 2.18. The van der Waals surface area contributed by atoms with Crippen LogP contribution in [-0.4, -0.2) is 42.9 Å². The lowest BCUT2D eigenvalue weighted by Gasteiger charge is -2.31. The zero-order valence-electron chi connectivity index (χ0n) is 11.2. The molecule has 110 valence electrons. The van der Waals surface area contributed by atoms with E-state index in [1.807, 2.05) is 0 Å². The monoisotopic (exact) mass is 298 g/mol. The third-order valence-electron chi connectivity index (χ3n) is 3.32. The van der Waals surface area contributed by atoms with E-state index in [2.05, 4.69) is 5.32 Å². The van der Waals surface area contributed by atoms with Crippen LogP contribution in [0.3, 0.4) is 0 Å². The van der Waals surface area contributed by atoms with Gasteiger partial charge in [-0.05, 0) is 31.0 Å². The Morgan fingerprint density at radius 2 is 2.00 bits per heavy atom. The van der Waals surface area contributed by atoms with Gasteiger partial charge in [0.25, 0.3) is 0 Å². The fourth-order valence-corrected chi connectivity index (χ4v) is 3.83. The van der Waals surface area contributed by atoms with Crippen LogP contribution in [-0.2, 0) is 14.8 Å². The highest BCUT2D eigenvalue weighted by Crippen LogP contribution is 2.23. The van der Waals surface area contributed by atoms with Crippen LogP contribution in [0.5, 0.6) is 5.75 Å². The van der Waals surface area contributed by atoms with Gasteiger partial charge in [-0.2, -0.15) is 4.31 Å². The molecule has 1 amide bonds. The highest BCUT2D eigenvalue weighted by atomic mass is 32.2. The number of benzene rings is 1. The van der Waals surface area contributed by atoms with Gasteiger partial charge in [0.1, 0.15) is 5.75 Å². The highest BCUT2D eigenvalue weighted by molar-refractivity contribution is 7.89. The number of carbonyl (C=O) groups is 1. The summed E-state index contributed by atoms with van der Waals surface area (Å²) in [6.07, 6.45) is 1.19. The molecule has 0 atom stereocenters. The number of hydrogen-bond acceptors (Lipinski definition) is 4. The number of hydrogen-bond donors (Lipinski definition) is 2. The van der Waals surface area contributed by atoms with Gasteiger partial charge >= 0.3 is 0 Å². The minimum absolute atomic E-state index is 0.0307. The molecule has 6 nitrogen and oxygen atoms in total. The molecule has 0 bridgehead atoms. The van der Waals surface area contributed by atoms with Crippen molar-refractivity contribution in [3.05, 3.63) is 24.3 Å². The zero-order chi connectivity index (χ0) is 14.8. The maximum Gasteiger partial charge on any atom is 0.243 e. The summed E-state index contributed by atoms with van der Waals surface area (Å²) in [6, 6.07) is 5.68. The molecule has 0 radical (unpaired) electrons. The molecule has 1 aliphatic heterocycles. The normalized spacial score (nSPS) is 17.9. The number of nitrogens with zero attached hydrogens (tertiary/aromatic N) is 1. The molecule has 20 heavy (non-hydrogen) atoms. The lowest BCUT2D eigenvalue weighted by atomic mass is 10.1. The number of carbonyl (C=O) groups excluding carboxylic acids is 1. The second-order valence-corrected chi connectivity index (χ2v) is 6.81. The van der Waals surface area contributed by atoms with Crippen molar-refractivity contribution in [2.45, 2.75) is 30.7 Å². The first-order valence-corrected chi connectivity index (χ1v) is 7.90. The van der Waals surface area contributed by atoms with Gasteiger partial charge in [0, 0.05) is 26.1 Å². The van der Waals surface area contributed by atoms with Crippen LogP contribution in [0.25, 0.3) is 0 Å². The summed E-state index contributed by atoms with van der Waals surface area (Å²) >= 11 is 0. The van der Waals surface area contributed by atoms with Crippen LogP contribution < -0.4 is 5.32 Å². The van der Waals surface area contributed by atoms with Gasteiger partial charge in [-0.15, -0.1) is 0 Å². The number of piperidine rings is 1. The van der Waals surface area contributed by atoms with Crippen LogP contribution in [0, 0.1) is 0 Å². The predicted molar refractivity (Wildman–Crippen MR) is 73.7 cm³/mol. The van der Waals surface area contributed by atoms with E-state index in [1.54, 1.807) is 0 Å². The average Bonchev–Trinajstić information content (AvgIpc) is 2.38. The lowest BCUT2D eigenvalue weighted by molar-refractivity contribution is -0.119. The summed E-state index contributed by atoms with van der Waals surface area (Å²) in [5, 5.41) is 12.2. The Hall–Kier alpha value is -1.60. The SMILES string of the molecule is CC(=O)NC1CCN(S(=O)(=O)c2cccc(O)c2)CC1. The van der Waals surface area contributed by atoms with Gasteiger partial charge in [0.05, 0.1) is 4.90 Å². The molecular weight excluding hydrogens is 280 g/mol. The summed E-state index contributed by atoms with van der Waals surface area (Å²) in [5.74, 6) is -0.168. The van der Waals surface area contributed by atoms with E-state index in [0.29, 0.717) is 25.9 Å². The smallest absolute Gasteiger partial charge is 0.243 e. The quantitative estimate of drug-likeness (QED) is 0.859. The van der Waals surface area contributed by atoms with Gasteiger partial charge in [-0.25, -0.2) is 8.42 Å². The largest absolute Gasteiger partial charge is 0.508 e. The van der Waals surface area contributed by atoms with Crippen molar-refractivity contribution in [3.8, 4) is 5.75 Å². The Balaban J connectivity index is 2.08. The molecule has 1 saturated heterocycles. The van der Waals surface area contributed by atoms with Gasteiger partial charge < -0.3 is 10.4 Å². The number of phenols is 1. The first-order valence-electron chi connectivity index (χ1n) is 6.46. The van der Waals surface area contributed by atoms with E-state index >= 15 is 0 Å². The van der Waals surface area contributed by atoms with Crippen molar-refractivity contribution in [1.29, 1.82) is 0 Å². The van der Waals surface area contributed by atoms with E-state index in [-0.39, 0.29) is 22.6 Å². The maximum atomic E-state index is 12.4. The van der Waals surface area contributed by atoms with Gasteiger partial charge in [0.2, 0.25) is 15.9 Å². The number of sulfonamides is 1. The Kier molecular flexibility index (Phi) is 4.29. The molecule has 2 N–H and O–H groups in total. The van der Waals surface area contributed by atoms with Crippen LogP contribution >= 0.6 is 0 Å². The fraction of sp³-hybridized carbons (Fsp3) is 0.462. The van der Waals surface area contributed by atoms with Crippen LogP contribution in [0.15, 0.2) is 29.2 Å². The van der Waals surface area contributed by atoms with Crippen molar-refractivity contribution >= 4 is 15.9 Å². The van der Waals surface area contributed by atoms with Crippen molar-refractivity contribution < 1.29 is 18.3 Å². The Bertz CT molecular complexity index is 592. The number of aromatic hydroxyl groups is 1. The minimum atomic E-state index is -3.58. The molecule has 2 rings (SSSR count). The van der Waals surface area contributed by atoms with Crippen molar-refractivity contribution in [3.63, 3.8) is 0 Å². The van der Waals surface area contributed by atoms with Gasteiger partial charge in [-0.3, -0.25) is 4.79 Å². The van der Waals surface area contributed by atoms with E-state index in [9.17, 15) is 18.3 Å². The summed E-state index contributed by atoms with van der Waals surface area (Å²) < 4.78 is 26.2.